The van der Waals surface area contributed by atoms with Crippen LogP contribution in [0.3, 0.4) is 0 Å². The number of aryl methyl sites for hydroxylation is 1. The van der Waals surface area contributed by atoms with Crippen molar-refractivity contribution in [3.63, 3.8) is 0 Å². The lowest BCUT2D eigenvalue weighted by molar-refractivity contribution is 0.0950. The zero-order valence-corrected chi connectivity index (χ0v) is 13.8. The molecule has 2 unspecified atom stereocenters. The predicted octanol–water partition coefficient (Wildman–Crippen LogP) is 2.74. The molecule has 1 amide bonds. The summed E-state index contributed by atoms with van der Waals surface area (Å²) in [6.45, 7) is 2.63. The molecule has 23 heavy (non-hydrogen) atoms. The number of epoxide rings is 1. The molecule has 1 aromatic carbocycles. The highest BCUT2D eigenvalue weighted by molar-refractivity contribution is 5.96. The number of hydrogen-bond donors (Lipinski definition) is 3. The number of rotatable bonds is 10. The number of nitrogens with one attached hydrogen (secondary N) is 1. The predicted molar refractivity (Wildman–Crippen MR) is 88.4 cm³/mol. The Kier molecular flexibility index (Phi) is 6.86. The first kappa shape index (κ1) is 17.8. The fraction of sp³-hybridized carbons (Fsp3) is 0.611. The van der Waals surface area contributed by atoms with E-state index < -0.39 is 6.29 Å². The van der Waals surface area contributed by atoms with E-state index in [1.165, 1.54) is 0 Å². The highest BCUT2D eigenvalue weighted by Crippen LogP contribution is 2.24. The summed E-state index contributed by atoms with van der Waals surface area (Å²) < 4.78 is 4.94. The van der Waals surface area contributed by atoms with Crippen LogP contribution in [0.4, 0.5) is 0 Å². The fourth-order valence-corrected chi connectivity index (χ4v) is 2.63. The van der Waals surface area contributed by atoms with Crippen molar-refractivity contribution >= 4 is 5.91 Å². The Labute approximate surface area is 137 Å². The summed E-state index contributed by atoms with van der Waals surface area (Å²) in [4.78, 5) is 12.0. The van der Waals surface area contributed by atoms with Gasteiger partial charge < -0.3 is 20.3 Å². The van der Waals surface area contributed by atoms with E-state index in [0.717, 1.165) is 50.5 Å². The van der Waals surface area contributed by atoms with Crippen LogP contribution >= 0.6 is 0 Å². The molecule has 0 radical (unpaired) electrons. The van der Waals surface area contributed by atoms with Crippen LogP contribution in [0, 0.1) is 0 Å². The van der Waals surface area contributed by atoms with Crippen molar-refractivity contribution in [1.82, 2.24) is 5.32 Å². The minimum absolute atomic E-state index is 0.0475. The number of carbonyl (C=O) groups is 1. The van der Waals surface area contributed by atoms with Gasteiger partial charge in [-0.05, 0) is 37.0 Å². The summed E-state index contributed by atoms with van der Waals surface area (Å²) in [5.74, 6) is -0.170. The van der Waals surface area contributed by atoms with Crippen molar-refractivity contribution in [1.29, 1.82) is 0 Å². The Balaban J connectivity index is 1.54. The molecule has 0 aliphatic carbocycles. The number of aliphatic hydroxyl groups excluding tert-OH is 1. The molecule has 0 bridgehead atoms. The summed E-state index contributed by atoms with van der Waals surface area (Å²) in [5, 5.41) is 21.7. The van der Waals surface area contributed by atoms with Gasteiger partial charge in [0.15, 0.2) is 6.29 Å². The van der Waals surface area contributed by atoms with E-state index >= 15 is 0 Å². The summed E-state index contributed by atoms with van der Waals surface area (Å²) in [6.07, 6.45) is 6.64. The average Bonchev–Trinajstić information content (AvgIpc) is 3.24. The standard InChI is InChI=1S/C18H27NO4/c1-2-13-9-10-14(15(20)12-13)17(21)19-11-7-5-3-4-6-8-16-18(22)23-16/h9-10,12,16,18,20,22H,2-8,11H2,1H3,(H,19,21). The van der Waals surface area contributed by atoms with Crippen LogP contribution in [-0.2, 0) is 11.2 Å². The number of aromatic hydroxyl groups is 1. The number of phenolic OH excluding ortho intramolecular Hbond substituents is 1. The molecule has 1 heterocycles. The van der Waals surface area contributed by atoms with Gasteiger partial charge in [-0.2, -0.15) is 0 Å². The molecule has 0 spiro atoms. The summed E-state index contributed by atoms with van der Waals surface area (Å²) in [7, 11) is 0. The Morgan fingerprint density at radius 2 is 1.91 bits per heavy atom. The molecular formula is C18H27NO4. The van der Waals surface area contributed by atoms with E-state index in [-0.39, 0.29) is 17.8 Å². The third kappa shape index (κ3) is 5.84. The number of phenols is 1. The highest BCUT2D eigenvalue weighted by Gasteiger charge is 2.35. The number of unbranched alkanes of at least 4 members (excludes halogenated alkanes) is 4. The first-order valence-electron chi connectivity index (χ1n) is 8.55. The molecule has 128 valence electrons. The van der Waals surface area contributed by atoms with Crippen LogP contribution in [0.2, 0.25) is 0 Å². The molecule has 1 fully saturated rings. The molecule has 5 heteroatoms. The van der Waals surface area contributed by atoms with Gasteiger partial charge in [-0.3, -0.25) is 4.79 Å². The van der Waals surface area contributed by atoms with Crippen molar-refractivity contribution in [2.24, 2.45) is 0 Å². The van der Waals surface area contributed by atoms with Crippen LogP contribution in [0.5, 0.6) is 5.75 Å². The highest BCUT2D eigenvalue weighted by atomic mass is 16.7. The molecule has 2 rings (SSSR count). The average molecular weight is 321 g/mol. The smallest absolute Gasteiger partial charge is 0.255 e. The lowest BCUT2D eigenvalue weighted by Crippen LogP contribution is -2.24. The number of ether oxygens (including phenoxy) is 1. The van der Waals surface area contributed by atoms with Crippen molar-refractivity contribution in [3.8, 4) is 5.75 Å². The fourth-order valence-electron chi connectivity index (χ4n) is 2.63. The number of aliphatic hydroxyl groups is 1. The van der Waals surface area contributed by atoms with Crippen LogP contribution in [0.25, 0.3) is 0 Å². The molecule has 1 aromatic rings. The molecular weight excluding hydrogens is 294 g/mol. The van der Waals surface area contributed by atoms with Crippen LogP contribution in [-0.4, -0.2) is 35.1 Å². The Morgan fingerprint density at radius 1 is 1.22 bits per heavy atom. The number of carbonyl (C=O) groups excluding carboxylic acids is 1. The summed E-state index contributed by atoms with van der Waals surface area (Å²) >= 11 is 0. The molecule has 1 aliphatic rings. The van der Waals surface area contributed by atoms with E-state index in [9.17, 15) is 9.90 Å². The van der Waals surface area contributed by atoms with Gasteiger partial charge in [-0.25, -0.2) is 0 Å². The number of benzene rings is 1. The monoisotopic (exact) mass is 321 g/mol. The number of amides is 1. The Morgan fingerprint density at radius 3 is 2.57 bits per heavy atom. The van der Waals surface area contributed by atoms with E-state index in [2.05, 4.69) is 5.32 Å². The van der Waals surface area contributed by atoms with Crippen LogP contribution in [0.15, 0.2) is 18.2 Å². The van der Waals surface area contributed by atoms with Crippen LogP contribution in [0.1, 0.15) is 61.4 Å². The van der Waals surface area contributed by atoms with Crippen molar-refractivity contribution < 1.29 is 19.7 Å². The van der Waals surface area contributed by atoms with E-state index in [1.807, 2.05) is 13.0 Å². The molecule has 2 atom stereocenters. The van der Waals surface area contributed by atoms with Gasteiger partial charge in [-0.1, -0.05) is 38.7 Å². The number of hydrogen-bond acceptors (Lipinski definition) is 4. The van der Waals surface area contributed by atoms with E-state index in [1.54, 1.807) is 12.1 Å². The second-order valence-corrected chi connectivity index (χ2v) is 6.08. The third-order valence-electron chi connectivity index (χ3n) is 4.22. The maximum atomic E-state index is 12.0. The minimum Gasteiger partial charge on any atom is -0.507 e. The van der Waals surface area contributed by atoms with Gasteiger partial charge in [0.05, 0.1) is 5.56 Å². The molecule has 0 saturated carbocycles. The van der Waals surface area contributed by atoms with Gasteiger partial charge in [0.25, 0.3) is 5.91 Å². The lowest BCUT2D eigenvalue weighted by Gasteiger charge is -2.08. The SMILES string of the molecule is CCc1ccc(C(=O)NCCCCCCCC2OC2O)c(O)c1. The molecule has 0 aromatic heterocycles. The lowest BCUT2D eigenvalue weighted by atomic mass is 10.1. The first-order chi connectivity index (χ1) is 11.1. The van der Waals surface area contributed by atoms with Gasteiger partial charge >= 0.3 is 0 Å². The third-order valence-corrected chi connectivity index (χ3v) is 4.22. The Hall–Kier alpha value is -1.59. The molecule has 1 aliphatic heterocycles. The van der Waals surface area contributed by atoms with Gasteiger partial charge in [0.1, 0.15) is 11.9 Å². The summed E-state index contributed by atoms with van der Waals surface area (Å²) in [6, 6.07) is 5.20. The Bertz CT molecular complexity index is 518. The van der Waals surface area contributed by atoms with Crippen molar-refractivity contribution in [2.45, 2.75) is 64.3 Å². The largest absolute Gasteiger partial charge is 0.507 e. The second-order valence-electron chi connectivity index (χ2n) is 6.08. The normalized spacial score (nSPS) is 19.6. The maximum absolute atomic E-state index is 12.0. The van der Waals surface area contributed by atoms with Gasteiger partial charge in [-0.15, -0.1) is 0 Å². The van der Waals surface area contributed by atoms with Gasteiger partial charge in [0.2, 0.25) is 0 Å². The van der Waals surface area contributed by atoms with Crippen molar-refractivity contribution in [3.05, 3.63) is 29.3 Å². The van der Waals surface area contributed by atoms with E-state index in [0.29, 0.717) is 12.1 Å². The summed E-state index contributed by atoms with van der Waals surface area (Å²) in [5.41, 5.74) is 1.35. The second kappa shape index (κ2) is 8.89. The zero-order valence-electron chi connectivity index (χ0n) is 13.8. The van der Waals surface area contributed by atoms with Crippen molar-refractivity contribution in [2.75, 3.05) is 6.54 Å². The molecule has 1 saturated heterocycles. The van der Waals surface area contributed by atoms with E-state index in [4.69, 9.17) is 9.84 Å². The maximum Gasteiger partial charge on any atom is 0.255 e. The zero-order chi connectivity index (χ0) is 16.7. The van der Waals surface area contributed by atoms with Crippen LogP contribution < -0.4 is 5.32 Å². The van der Waals surface area contributed by atoms with Gasteiger partial charge in [0, 0.05) is 6.54 Å². The first-order valence-corrected chi connectivity index (χ1v) is 8.55. The molecule has 5 nitrogen and oxygen atoms in total. The quantitative estimate of drug-likeness (QED) is 0.457. The topological polar surface area (TPSA) is 82.1 Å². The minimum atomic E-state index is -0.520. The molecule has 3 N–H and O–H groups in total.